The number of hydrogen-bond acceptors (Lipinski definition) is 4. The minimum Gasteiger partial charge on any atom is -0.378 e. The Morgan fingerprint density at radius 3 is 2.93 bits per heavy atom. The molecule has 1 aliphatic heterocycles. The summed E-state index contributed by atoms with van der Waals surface area (Å²) in [6.45, 7) is 0.890. The number of nitrogens with one attached hydrogen (secondary N) is 1. The SMILES string of the molecule is CNc1nnc(CC2CCCCO2)n1C. The van der Waals surface area contributed by atoms with Crippen molar-refractivity contribution in [3.63, 3.8) is 0 Å². The Bertz CT molecular complexity index is 317. The van der Waals surface area contributed by atoms with Gasteiger partial charge in [0.2, 0.25) is 5.95 Å². The molecule has 0 aliphatic carbocycles. The van der Waals surface area contributed by atoms with Crippen molar-refractivity contribution in [3.05, 3.63) is 5.82 Å². The van der Waals surface area contributed by atoms with E-state index >= 15 is 0 Å². The van der Waals surface area contributed by atoms with Crippen LogP contribution in [0.15, 0.2) is 0 Å². The number of aromatic nitrogens is 3. The van der Waals surface area contributed by atoms with Crippen molar-refractivity contribution in [1.82, 2.24) is 14.8 Å². The molecule has 5 nitrogen and oxygen atoms in total. The minimum atomic E-state index is 0.325. The highest BCUT2D eigenvalue weighted by Gasteiger charge is 2.17. The first-order chi connectivity index (χ1) is 7.31. The second kappa shape index (κ2) is 4.61. The molecular formula is C10H18N4O. The topological polar surface area (TPSA) is 52.0 Å². The fourth-order valence-corrected chi connectivity index (χ4v) is 1.93. The van der Waals surface area contributed by atoms with E-state index in [0.29, 0.717) is 6.10 Å². The highest BCUT2D eigenvalue weighted by atomic mass is 16.5. The zero-order chi connectivity index (χ0) is 10.7. The van der Waals surface area contributed by atoms with E-state index in [2.05, 4.69) is 15.5 Å². The number of rotatable bonds is 3. The first-order valence-electron chi connectivity index (χ1n) is 5.49. The lowest BCUT2D eigenvalue weighted by atomic mass is 10.1. The highest BCUT2D eigenvalue weighted by molar-refractivity contribution is 5.23. The van der Waals surface area contributed by atoms with Crippen LogP contribution in [0.1, 0.15) is 25.1 Å². The van der Waals surface area contributed by atoms with Crippen molar-refractivity contribution in [2.45, 2.75) is 31.8 Å². The van der Waals surface area contributed by atoms with Gasteiger partial charge in [-0.3, -0.25) is 0 Å². The summed E-state index contributed by atoms with van der Waals surface area (Å²) < 4.78 is 7.66. The van der Waals surface area contributed by atoms with Crippen molar-refractivity contribution in [3.8, 4) is 0 Å². The smallest absolute Gasteiger partial charge is 0.224 e. The van der Waals surface area contributed by atoms with E-state index in [1.54, 1.807) is 0 Å². The van der Waals surface area contributed by atoms with Crippen molar-refractivity contribution >= 4 is 5.95 Å². The molecule has 15 heavy (non-hydrogen) atoms. The van der Waals surface area contributed by atoms with Crippen LogP contribution in [0.4, 0.5) is 5.95 Å². The maximum absolute atomic E-state index is 5.68. The Hall–Kier alpha value is -1.10. The molecule has 5 heteroatoms. The predicted molar refractivity (Wildman–Crippen MR) is 57.8 cm³/mol. The lowest BCUT2D eigenvalue weighted by Crippen LogP contribution is -2.23. The number of nitrogens with zero attached hydrogens (tertiary/aromatic N) is 3. The average Bonchev–Trinajstić information content (AvgIpc) is 2.62. The fourth-order valence-electron chi connectivity index (χ4n) is 1.93. The van der Waals surface area contributed by atoms with Gasteiger partial charge in [0, 0.05) is 27.1 Å². The highest BCUT2D eigenvalue weighted by Crippen LogP contribution is 2.17. The molecule has 1 N–H and O–H groups in total. The molecule has 1 aromatic heterocycles. The number of anilines is 1. The third kappa shape index (κ3) is 2.28. The van der Waals surface area contributed by atoms with E-state index in [4.69, 9.17) is 4.74 Å². The van der Waals surface area contributed by atoms with E-state index in [1.165, 1.54) is 12.8 Å². The number of hydrogen-bond donors (Lipinski definition) is 1. The molecule has 0 amide bonds. The summed E-state index contributed by atoms with van der Waals surface area (Å²) >= 11 is 0. The van der Waals surface area contributed by atoms with E-state index in [-0.39, 0.29) is 0 Å². The van der Waals surface area contributed by atoms with E-state index in [9.17, 15) is 0 Å². The molecule has 0 radical (unpaired) electrons. The predicted octanol–water partition coefficient (Wildman–Crippen LogP) is 0.968. The molecule has 2 rings (SSSR count). The van der Waals surface area contributed by atoms with Gasteiger partial charge in [0.05, 0.1) is 6.10 Å². The second-order valence-electron chi connectivity index (χ2n) is 3.94. The molecule has 1 aliphatic rings. The normalized spacial score (nSPS) is 21.6. The van der Waals surface area contributed by atoms with Gasteiger partial charge in [-0.25, -0.2) is 0 Å². The Morgan fingerprint density at radius 1 is 1.47 bits per heavy atom. The summed E-state index contributed by atoms with van der Waals surface area (Å²) in [5.41, 5.74) is 0. The van der Waals surface area contributed by atoms with Gasteiger partial charge in [-0.2, -0.15) is 0 Å². The van der Waals surface area contributed by atoms with Crippen molar-refractivity contribution in [2.75, 3.05) is 19.0 Å². The molecule has 84 valence electrons. The van der Waals surface area contributed by atoms with Crippen LogP contribution in [-0.2, 0) is 18.2 Å². The van der Waals surface area contributed by atoms with Crippen molar-refractivity contribution in [1.29, 1.82) is 0 Å². The quantitative estimate of drug-likeness (QED) is 0.807. The first-order valence-corrected chi connectivity index (χ1v) is 5.49. The van der Waals surface area contributed by atoms with E-state index in [1.807, 2.05) is 18.7 Å². The molecule has 0 aromatic carbocycles. The zero-order valence-electron chi connectivity index (χ0n) is 9.36. The largest absolute Gasteiger partial charge is 0.378 e. The van der Waals surface area contributed by atoms with Crippen molar-refractivity contribution < 1.29 is 4.74 Å². The van der Waals surface area contributed by atoms with Gasteiger partial charge in [-0.05, 0) is 19.3 Å². The van der Waals surface area contributed by atoms with Crippen molar-refractivity contribution in [2.24, 2.45) is 7.05 Å². The molecule has 1 atom stereocenters. The summed E-state index contributed by atoms with van der Waals surface area (Å²) in [5, 5.41) is 11.2. The standard InChI is InChI=1S/C10H18N4O/c1-11-10-13-12-9(14(10)2)7-8-5-3-4-6-15-8/h8H,3-7H2,1-2H3,(H,11,13). The minimum absolute atomic E-state index is 0.325. The van der Waals surface area contributed by atoms with Gasteiger partial charge in [0.1, 0.15) is 5.82 Å². The Morgan fingerprint density at radius 2 is 2.33 bits per heavy atom. The molecular weight excluding hydrogens is 192 g/mol. The molecule has 1 unspecified atom stereocenters. The molecule has 1 aromatic rings. The lowest BCUT2D eigenvalue weighted by molar-refractivity contribution is 0.0152. The van der Waals surface area contributed by atoms with Gasteiger partial charge in [0.25, 0.3) is 0 Å². The molecule has 1 saturated heterocycles. The van der Waals surface area contributed by atoms with Crippen LogP contribution in [-0.4, -0.2) is 34.5 Å². The molecule has 0 saturated carbocycles. The van der Waals surface area contributed by atoms with Gasteiger partial charge in [-0.15, -0.1) is 10.2 Å². The van der Waals surface area contributed by atoms with Crippen LogP contribution in [0, 0.1) is 0 Å². The van der Waals surface area contributed by atoms with Gasteiger partial charge in [0.15, 0.2) is 0 Å². The van der Waals surface area contributed by atoms with Crippen LogP contribution in [0.3, 0.4) is 0 Å². The summed E-state index contributed by atoms with van der Waals surface area (Å²) in [5.74, 6) is 1.80. The first kappa shape index (κ1) is 10.4. The number of ether oxygens (including phenoxy) is 1. The molecule has 0 spiro atoms. The molecule has 2 heterocycles. The Labute approximate surface area is 89.8 Å². The molecule has 0 bridgehead atoms. The lowest BCUT2D eigenvalue weighted by Gasteiger charge is -2.21. The average molecular weight is 210 g/mol. The van der Waals surface area contributed by atoms with Gasteiger partial charge in [-0.1, -0.05) is 0 Å². The maximum atomic E-state index is 5.68. The second-order valence-corrected chi connectivity index (χ2v) is 3.94. The summed E-state index contributed by atoms with van der Waals surface area (Å²) in [6, 6.07) is 0. The summed E-state index contributed by atoms with van der Waals surface area (Å²) in [4.78, 5) is 0. The third-order valence-corrected chi connectivity index (χ3v) is 2.87. The molecule has 1 fully saturated rings. The monoisotopic (exact) mass is 210 g/mol. The van der Waals surface area contributed by atoms with E-state index in [0.717, 1.165) is 31.2 Å². The summed E-state index contributed by atoms with van der Waals surface area (Å²) in [7, 11) is 3.83. The van der Waals surface area contributed by atoms with Gasteiger partial charge < -0.3 is 14.6 Å². The van der Waals surface area contributed by atoms with Gasteiger partial charge >= 0.3 is 0 Å². The fraction of sp³-hybridized carbons (Fsp3) is 0.800. The van der Waals surface area contributed by atoms with Crippen LogP contribution < -0.4 is 5.32 Å². The Balaban J connectivity index is 2.00. The van der Waals surface area contributed by atoms with E-state index < -0.39 is 0 Å². The van der Waals surface area contributed by atoms with Crippen LogP contribution >= 0.6 is 0 Å². The van der Waals surface area contributed by atoms with Crippen LogP contribution in [0.5, 0.6) is 0 Å². The zero-order valence-corrected chi connectivity index (χ0v) is 9.36. The third-order valence-electron chi connectivity index (χ3n) is 2.87. The summed E-state index contributed by atoms with van der Waals surface area (Å²) in [6.07, 6.45) is 4.79. The van der Waals surface area contributed by atoms with Crippen LogP contribution in [0.25, 0.3) is 0 Å². The Kier molecular flexibility index (Phi) is 3.20. The maximum Gasteiger partial charge on any atom is 0.224 e. The van der Waals surface area contributed by atoms with Crippen LogP contribution in [0.2, 0.25) is 0 Å².